The fourth-order valence-corrected chi connectivity index (χ4v) is 3.26. The SMILES string of the molecule is Cc1cccc2nc(-c3cccc(NC(=O)c4cccs4)c3)cn12. The fourth-order valence-electron chi connectivity index (χ4n) is 2.64. The molecule has 0 bridgehead atoms. The van der Waals surface area contributed by atoms with Gasteiger partial charge in [-0.2, -0.15) is 0 Å². The van der Waals surface area contributed by atoms with Crippen LogP contribution in [-0.2, 0) is 0 Å². The third-order valence-corrected chi connectivity index (χ3v) is 4.73. The monoisotopic (exact) mass is 333 g/mol. The maximum absolute atomic E-state index is 12.2. The highest BCUT2D eigenvalue weighted by molar-refractivity contribution is 7.12. The number of carbonyl (C=O) groups is 1. The second-order valence-corrected chi connectivity index (χ2v) is 6.48. The number of nitrogens with zero attached hydrogens (tertiary/aromatic N) is 2. The molecule has 3 aromatic heterocycles. The number of fused-ring (bicyclic) bond motifs is 1. The van der Waals surface area contributed by atoms with Crippen LogP contribution in [0.25, 0.3) is 16.9 Å². The van der Waals surface area contributed by atoms with Crippen LogP contribution in [0.3, 0.4) is 0 Å². The van der Waals surface area contributed by atoms with E-state index in [0.29, 0.717) is 4.88 Å². The fraction of sp³-hybridized carbons (Fsp3) is 0.0526. The molecule has 0 aliphatic rings. The number of nitrogens with one attached hydrogen (secondary N) is 1. The Bertz CT molecular complexity index is 1020. The summed E-state index contributed by atoms with van der Waals surface area (Å²) in [5.74, 6) is -0.0898. The number of thiophene rings is 1. The van der Waals surface area contributed by atoms with Crippen molar-refractivity contribution in [1.82, 2.24) is 9.38 Å². The first-order valence-corrected chi connectivity index (χ1v) is 8.49. The molecule has 1 N–H and O–H groups in total. The second-order valence-electron chi connectivity index (χ2n) is 5.53. The summed E-state index contributed by atoms with van der Waals surface area (Å²) in [4.78, 5) is 17.6. The Morgan fingerprint density at radius 3 is 2.79 bits per heavy atom. The summed E-state index contributed by atoms with van der Waals surface area (Å²) < 4.78 is 2.06. The quantitative estimate of drug-likeness (QED) is 0.594. The van der Waals surface area contributed by atoms with Crippen LogP contribution in [0.1, 0.15) is 15.4 Å². The highest BCUT2D eigenvalue weighted by Gasteiger charge is 2.09. The van der Waals surface area contributed by atoms with Crippen molar-refractivity contribution in [3.63, 3.8) is 0 Å². The van der Waals surface area contributed by atoms with Gasteiger partial charge in [0.1, 0.15) is 5.65 Å². The van der Waals surface area contributed by atoms with Gasteiger partial charge >= 0.3 is 0 Å². The standard InChI is InChI=1S/C19H15N3OS/c1-13-5-2-9-18-21-16(12-22(13)18)14-6-3-7-15(11-14)20-19(23)17-8-4-10-24-17/h2-12H,1H3,(H,20,23). The highest BCUT2D eigenvalue weighted by Crippen LogP contribution is 2.23. The molecule has 0 unspecified atom stereocenters. The number of hydrogen-bond acceptors (Lipinski definition) is 3. The predicted octanol–water partition coefficient (Wildman–Crippen LogP) is 4.62. The zero-order valence-corrected chi connectivity index (χ0v) is 13.9. The summed E-state index contributed by atoms with van der Waals surface area (Å²) in [5.41, 5.74) is 4.67. The Balaban J connectivity index is 1.66. The molecular formula is C19H15N3OS. The largest absolute Gasteiger partial charge is 0.321 e. The summed E-state index contributed by atoms with van der Waals surface area (Å²) >= 11 is 1.43. The number of rotatable bonds is 3. The van der Waals surface area contributed by atoms with Crippen LogP contribution in [0.2, 0.25) is 0 Å². The Morgan fingerprint density at radius 1 is 1.12 bits per heavy atom. The molecule has 0 spiro atoms. The van der Waals surface area contributed by atoms with Crippen LogP contribution in [0.5, 0.6) is 0 Å². The summed E-state index contributed by atoms with van der Waals surface area (Å²) in [7, 11) is 0. The van der Waals surface area contributed by atoms with Crippen LogP contribution in [0.4, 0.5) is 5.69 Å². The van der Waals surface area contributed by atoms with Crippen molar-refractivity contribution >= 4 is 28.6 Å². The van der Waals surface area contributed by atoms with Crippen molar-refractivity contribution in [3.05, 3.63) is 76.7 Å². The minimum absolute atomic E-state index is 0.0898. The molecular weight excluding hydrogens is 318 g/mol. The number of hydrogen-bond donors (Lipinski definition) is 1. The number of amides is 1. The van der Waals surface area contributed by atoms with Gasteiger partial charge in [0.25, 0.3) is 5.91 Å². The first-order valence-electron chi connectivity index (χ1n) is 7.61. The van der Waals surface area contributed by atoms with E-state index in [-0.39, 0.29) is 5.91 Å². The third-order valence-electron chi connectivity index (χ3n) is 3.86. The number of imidazole rings is 1. The summed E-state index contributed by atoms with van der Waals surface area (Å²) in [6, 6.07) is 17.5. The average Bonchev–Trinajstić information content (AvgIpc) is 3.25. The second kappa shape index (κ2) is 5.94. The average molecular weight is 333 g/mol. The van der Waals surface area contributed by atoms with Crippen LogP contribution in [-0.4, -0.2) is 15.3 Å². The van der Waals surface area contributed by atoms with E-state index >= 15 is 0 Å². The highest BCUT2D eigenvalue weighted by atomic mass is 32.1. The summed E-state index contributed by atoms with van der Waals surface area (Å²) in [6.07, 6.45) is 2.02. The van der Waals surface area contributed by atoms with Gasteiger partial charge in [0.2, 0.25) is 0 Å². The van der Waals surface area contributed by atoms with Gasteiger partial charge in [0, 0.05) is 23.1 Å². The predicted molar refractivity (Wildman–Crippen MR) is 97.6 cm³/mol. The van der Waals surface area contributed by atoms with Gasteiger partial charge in [-0.1, -0.05) is 24.3 Å². The topological polar surface area (TPSA) is 46.4 Å². The number of anilines is 1. The van der Waals surface area contributed by atoms with Gasteiger partial charge in [-0.15, -0.1) is 11.3 Å². The first-order chi connectivity index (χ1) is 11.7. The third kappa shape index (κ3) is 2.70. The smallest absolute Gasteiger partial charge is 0.265 e. The normalized spacial score (nSPS) is 10.9. The van der Waals surface area contributed by atoms with E-state index in [9.17, 15) is 4.79 Å². The number of pyridine rings is 1. The Kier molecular flexibility index (Phi) is 3.63. The van der Waals surface area contributed by atoms with Gasteiger partial charge < -0.3 is 9.72 Å². The van der Waals surface area contributed by atoms with E-state index in [4.69, 9.17) is 0 Å². The zero-order chi connectivity index (χ0) is 16.5. The lowest BCUT2D eigenvalue weighted by molar-refractivity contribution is 0.103. The van der Waals surface area contributed by atoms with E-state index < -0.39 is 0 Å². The van der Waals surface area contributed by atoms with Crippen molar-refractivity contribution in [2.45, 2.75) is 6.92 Å². The van der Waals surface area contributed by atoms with E-state index in [1.807, 2.05) is 60.1 Å². The molecule has 0 aliphatic carbocycles. The lowest BCUT2D eigenvalue weighted by atomic mass is 10.1. The lowest BCUT2D eigenvalue weighted by Gasteiger charge is -2.05. The molecule has 4 aromatic rings. The van der Waals surface area contributed by atoms with Gasteiger partial charge in [-0.05, 0) is 42.6 Å². The summed E-state index contributed by atoms with van der Waals surface area (Å²) in [6.45, 7) is 2.05. The van der Waals surface area contributed by atoms with E-state index in [1.165, 1.54) is 11.3 Å². The van der Waals surface area contributed by atoms with Crippen molar-refractivity contribution in [2.75, 3.05) is 5.32 Å². The first kappa shape index (κ1) is 14.7. The van der Waals surface area contributed by atoms with E-state index in [0.717, 1.165) is 28.3 Å². The van der Waals surface area contributed by atoms with Gasteiger partial charge in [-0.3, -0.25) is 4.79 Å². The Hall–Kier alpha value is -2.92. The molecule has 118 valence electrons. The van der Waals surface area contributed by atoms with E-state index in [1.54, 1.807) is 0 Å². The molecule has 4 rings (SSSR count). The van der Waals surface area contributed by atoms with Crippen molar-refractivity contribution in [1.29, 1.82) is 0 Å². The van der Waals surface area contributed by atoms with Crippen LogP contribution in [0, 0.1) is 6.92 Å². The number of aryl methyl sites for hydroxylation is 1. The van der Waals surface area contributed by atoms with Gasteiger partial charge in [0.05, 0.1) is 10.6 Å². The molecule has 0 radical (unpaired) electrons. The molecule has 1 amide bonds. The van der Waals surface area contributed by atoms with Gasteiger partial charge in [-0.25, -0.2) is 4.98 Å². The number of carbonyl (C=O) groups excluding carboxylic acids is 1. The molecule has 0 saturated heterocycles. The van der Waals surface area contributed by atoms with Crippen LogP contribution >= 0.6 is 11.3 Å². The van der Waals surface area contributed by atoms with Crippen LogP contribution in [0.15, 0.2) is 66.2 Å². The molecule has 1 aromatic carbocycles. The van der Waals surface area contributed by atoms with Gasteiger partial charge in [0.15, 0.2) is 0 Å². The molecule has 4 nitrogen and oxygen atoms in total. The Labute approximate surface area is 143 Å². The lowest BCUT2D eigenvalue weighted by Crippen LogP contribution is -2.09. The molecule has 5 heteroatoms. The van der Waals surface area contributed by atoms with Crippen molar-refractivity contribution in [3.8, 4) is 11.3 Å². The Morgan fingerprint density at radius 2 is 2.00 bits per heavy atom. The molecule has 0 saturated carbocycles. The van der Waals surface area contributed by atoms with Crippen LogP contribution < -0.4 is 5.32 Å². The molecule has 0 aliphatic heterocycles. The van der Waals surface area contributed by atoms with Crippen molar-refractivity contribution in [2.24, 2.45) is 0 Å². The molecule has 3 heterocycles. The zero-order valence-electron chi connectivity index (χ0n) is 13.1. The van der Waals surface area contributed by atoms with Crippen molar-refractivity contribution < 1.29 is 4.79 Å². The minimum atomic E-state index is -0.0898. The maximum atomic E-state index is 12.2. The molecule has 0 fully saturated rings. The minimum Gasteiger partial charge on any atom is -0.321 e. The van der Waals surface area contributed by atoms with E-state index in [2.05, 4.69) is 27.7 Å². The maximum Gasteiger partial charge on any atom is 0.265 e. The summed E-state index contributed by atoms with van der Waals surface area (Å²) in [5, 5.41) is 4.83. The number of benzene rings is 1. The molecule has 24 heavy (non-hydrogen) atoms. The molecule has 0 atom stereocenters. The number of aromatic nitrogens is 2.